The number of halogens is 1. The van der Waals surface area contributed by atoms with Crippen LogP contribution in [0.2, 0.25) is 5.02 Å². The first-order valence-corrected chi connectivity index (χ1v) is 5.94. The van der Waals surface area contributed by atoms with Crippen molar-refractivity contribution in [2.45, 2.75) is 32.5 Å². The highest BCUT2D eigenvalue weighted by molar-refractivity contribution is 6.32. The van der Waals surface area contributed by atoms with Gasteiger partial charge in [0.15, 0.2) is 0 Å². The summed E-state index contributed by atoms with van der Waals surface area (Å²) in [6.45, 7) is 3.64. The van der Waals surface area contributed by atoms with E-state index in [2.05, 4.69) is 4.74 Å². The van der Waals surface area contributed by atoms with E-state index in [4.69, 9.17) is 11.6 Å². The third-order valence-electron chi connectivity index (χ3n) is 2.77. The number of rotatable bonds is 4. The average Bonchev–Trinajstić information content (AvgIpc) is 2.33. The van der Waals surface area contributed by atoms with Gasteiger partial charge in [0, 0.05) is 5.02 Å². The van der Waals surface area contributed by atoms with E-state index < -0.39 is 18.2 Å². The van der Waals surface area contributed by atoms with Gasteiger partial charge in [-0.1, -0.05) is 23.7 Å². The Balaban J connectivity index is 2.90. The highest BCUT2D eigenvalue weighted by Crippen LogP contribution is 2.27. The number of methoxy groups -OCH3 is 1. The Morgan fingerprint density at radius 1 is 1.33 bits per heavy atom. The van der Waals surface area contributed by atoms with Gasteiger partial charge in [-0.3, -0.25) is 4.79 Å². The fourth-order valence-corrected chi connectivity index (χ4v) is 1.85. The van der Waals surface area contributed by atoms with Gasteiger partial charge in [-0.05, 0) is 30.5 Å². The summed E-state index contributed by atoms with van der Waals surface area (Å²) < 4.78 is 4.44. The Labute approximate surface area is 111 Å². The first-order chi connectivity index (χ1) is 8.36. The van der Waals surface area contributed by atoms with Crippen molar-refractivity contribution in [3.05, 3.63) is 33.8 Å². The number of esters is 1. The van der Waals surface area contributed by atoms with Crippen LogP contribution in [0.25, 0.3) is 0 Å². The standard InChI is InChI=1S/C13H17ClO4/c1-7-4-9(5-8(2)12(7)14)13(17)10(15)6-11(16)18-3/h4-5,10,13,15,17H,6H2,1-3H3. The molecule has 0 bridgehead atoms. The number of benzene rings is 1. The van der Waals surface area contributed by atoms with Crippen molar-refractivity contribution < 1.29 is 19.7 Å². The van der Waals surface area contributed by atoms with Crippen molar-refractivity contribution in [2.24, 2.45) is 0 Å². The van der Waals surface area contributed by atoms with Crippen LogP contribution in [-0.4, -0.2) is 29.4 Å². The lowest BCUT2D eigenvalue weighted by atomic mass is 9.98. The van der Waals surface area contributed by atoms with Gasteiger partial charge in [0.2, 0.25) is 0 Å². The van der Waals surface area contributed by atoms with Crippen LogP contribution in [0.5, 0.6) is 0 Å². The SMILES string of the molecule is COC(=O)CC(O)C(O)c1cc(C)c(Cl)c(C)c1. The van der Waals surface area contributed by atoms with Crippen LogP contribution < -0.4 is 0 Å². The first kappa shape index (κ1) is 15.0. The number of aliphatic hydroxyl groups is 2. The Morgan fingerprint density at radius 3 is 2.28 bits per heavy atom. The number of carbonyl (C=O) groups excluding carboxylic acids is 1. The Hall–Kier alpha value is -1.10. The summed E-state index contributed by atoms with van der Waals surface area (Å²) in [5, 5.41) is 20.3. The minimum atomic E-state index is -1.20. The monoisotopic (exact) mass is 272 g/mol. The van der Waals surface area contributed by atoms with Crippen LogP contribution >= 0.6 is 11.6 Å². The molecule has 1 rings (SSSR count). The minimum Gasteiger partial charge on any atom is -0.469 e. The molecule has 0 heterocycles. The van der Waals surface area contributed by atoms with Crippen LogP contribution in [0.15, 0.2) is 12.1 Å². The van der Waals surface area contributed by atoms with Crippen molar-refractivity contribution in [2.75, 3.05) is 7.11 Å². The van der Waals surface area contributed by atoms with Crippen molar-refractivity contribution in [3.63, 3.8) is 0 Å². The van der Waals surface area contributed by atoms with Gasteiger partial charge in [-0.15, -0.1) is 0 Å². The summed E-state index contributed by atoms with van der Waals surface area (Å²) in [4.78, 5) is 11.0. The summed E-state index contributed by atoms with van der Waals surface area (Å²) in [5.74, 6) is -0.566. The second kappa shape index (κ2) is 6.18. The van der Waals surface area contributed by atoms with Crippen LogP contribution in [0.4, 0.5) is 0 Å². The van der Waals surface area contributed by atoms with Gasteiger partial charge in [0.25, 0.3) is 0 Å². The zero-order valence-electron chi connectivity index (χ0n) is 10.6. The number of hydrogen-bond donors (Lipinski definition) is 2. The molecule has 0 saturated heterocycles. The van der Waals surface area contributed by atoms with Gasteiger partial charge >= 0.3 is 5.97 Å². The molecule has 2 atom stereocenters. The largest absolute Gasteiger partial charge is 0.469 e. The lowest BCUT2D eigenvalue weighted by Gasteiger charge is -2.18. The van der Waals surface area contributed by atoms with Crippen molar-refractivity contribution >= 4 is 17.6 Å². The molecule has 2 unspecified atom stereocenters. The lowest BCUT2D eigenvalue weighted by Crippen LogP contribution is -2.22. The molecule has 5 heteroatoms. The second-order valence-corrected chi connectivity index (χ2v) is 4.64. The summed E-state index contributed by atoms with van der Waals surface area (Å²) >= 11 is 6.02. The van der Waals surface area contributed by atoms with E-state index in [1.165, 1.54) is 7.11 Å². The predicted octanol–water partition coefficient (Wildman–Crippen LogP) is 1.91. The number of ether oxygens (including phenoxy) is 1. The van der Waals surface area contributed by atoms with Gasteiger partial charge in [0.05, 0.1) is 19.6 Å². The molecular formula is C13H17ClO4. The zero-order chi connectivity index (χ0) is 13.9. The molecule has 1 aromatic rings. The molecule has 0 amide bonds. The quantitative estimate of drug-likeness (QED) is 0.822. The van der Waals surface area contributed by atoms with Crippen molar-refractivity contribution in [3.8, 4) is 0 Å². The zero-order valence-corrected chi connectivity index (χ0v) is 11.4. The minimum absolute atomic E-state index is 0.252. The van der Waals surface area contributed by atoms with Crippen LogP contribution in [0.1, 0.15) is 29.2 Å². The van der Waals surface area contributed by atoms with E-state index in [0.717, 1.165) is 11.1 Å². The molecule has 4 nitrogen and oxygen atoms in total. The second-order valence-electron chi connectivity index (χ2n) is 4.26. The van der Waals surface area contributed by atoms with E-state index in [9.17, 15) is 15.0 Å². The van der Waals surface area contributed by atoms with Crippen molar-refractivity contribution in [1.82, 2.24) is 0 Å². The summed E-state index contributed by atoms with van der Waals surface area (Å²) in [5.41, 5.74) is 2.16. The van der Waals surface area contributed by atoms with Crippen molar-refractivity contribution in [1.29, 1.82) is 0 Å². The van der Waals surface area contributed by atoms with Gasteiger partial charge in [0.1, 0.15) is 6.10 Å². The van der Waals surface area contributed by atoms with Gasteiger partial charge in [-0.25, -0.2) is 0 Å². The maximum Gasteiger partial charge on any atom is 0.308 e. The fraction of sp³-hybridized carbons (Fsp3) is 0.462. The maximum absolute atomic E-state index is 11.0. The maximum atomic E-state index is 11.0. The van der Waals surface area contributed by atoms with E-state index in [0.29, 0.717) is 10.6 Å². The van der Waals surface area contributed by atoms with Crippen LogP contribution in [0, 0.1) is 13.8 Å². The van der Waals surface area contributed by atoms with E-state index in [1.54, 1.807) is 12.1 Å². The highest BCUT2D eigenvalue weighted by Gasteiger charge is 2.22. The molecule has 0 radical (unpaired) electrons. The fourth-order valence-electron chi connectivity index (χ4n) is 1.74. The van der Waals surface area contributed by atoms with E-state index in [-0.39, 0.29) is 6.42 Å². The molecule has 100 valence electrons. The number of hydrogen-bond acceptors (Lipinski definition) is 4. The predicted molar refractivity (Wildman–Crippen MR) is 68.5 cm³/mol. The molecule has 0 fully saturated rings. The van der Waals surface area contributed by atoms with Crippen LogP contribution in [-0.2, 0) is 9.53 Å². The average molecular weight is 273 g/mol. The lowest BCUT2D eigenvalue weighted by molar-refractivity contribution is -0.144. The molecule has 0 aliphatic rings. The number of carbonyl (C=O) groups is 1. The Morgan fingerprint density at radius 2 is 1.83 bits per heavy atom. The molecular weight excluding hydrogens is 256 g/mol. The molecule has 0 saturated carbocycles. The van der Waals surface area contributed by atoms with E-state index >= 15 is 0 Å². The molecule has 0 spiro atoms. The van der Waals surface area contributed by atoms with Gasteiger partial charge < -0.3 is 14.9 Å². The summed E-state index contributed by atoms with van der Waals surface area (Å²) in [6, 6.07) is 3.39. The molecule has 1 aromatic carbocycles. The van der Waals surface area contributed by atoms with Gasteiger partial charge in [-0.2, -0.15) is 0 Å². The Bertz CT molecular complexity index is 422. The molecule has 0 aliphatic heterocycles. The normalized spacial score (nSPS) is 14.1. The third-order valence-corrected chi connectivity index (χ3v) is 3.36. The molecule has 0 aliphatic carbocycles. The topological polar surface area (TPSA) is 66.8 Å². The summed E-state index contributed by atoms with van der Waals surface area (Å²) in [7, 11) is 1.23. The first-order valence-electron chi connectivity index (χ1n) is 5.56. The number of aliphatic hydroxyl groups excluding tert-OH is 2. The van der Waals surface area contributed by atoms with E-state index in [1.807, 2.05) is 13.8 Å². The third kappa shape index (κ3) is 3.45. The highest BCUT2D eigenvalue weighted by atomic mass is 35.5. The smallest absolute Gasteiger partial charge is 0.308 e. The molecule has 2 N–H and O–H groups in total. The summed E-state index contributed by atoms with van der Waals surface area (Å²) in [6.07, 6.45) is -2.59. The number of aryl methyl sites for hydroxylation is 2. The van der Waals surface area contributed by atoms with Crippen LogP contribution in [0.3, 0.4) is 0 Å². The molecule has 0 aromatic heterocycles. The Kier molecular flexibility index (Phi) is 5.14. The molecule has 18 heavy (non-hydrogen) atoms.